The van der Waals surface area contributed by atoms with Crippen molar-refractivity contribution in [1.82, 2.24) is 15.0 Å². The zero-order chi connectivity index (χ0) is 23.1. The van der Waals surface area contributed by atoms with E-state index in [1.54, 1.807) is 42.5 Å². The van der Waals surface area contributed by atoms with Crippen LogP contribution in [0.15, 0.2) is 77.8 Å². The topological polar surface area (TPSA) is 132 Å². The first-order valence-electron chi connectivity index (χ1n) is 9.34. The number of nitrogens with zero attached hydrogens (tertiary/aromatic N) is 1. The van der Waals surface area contributed by atoms with E-state index in [4.69, 9.17) is 0 Å². The third-order valence-electron chi connectivity index (χ3n) is 4.37. The molecule has 0 spiro atoms. The van der Waals surface area contributed by atoms with Crippen molar-refractivity contribution in [3.63, 3.8) is 0 Å². The molecule has 3 rings (SSSR count). The van der Waals surface area contributed by atoms with Gasteiger partial charge in [-0.3, -0.25) is 19.4 Å². The first-order valence-corrected chi connectivity index (χ1v) is 10.8. The Morgan fingerprint density at radius 2 is 1.59 bits per heavy atom. The van der Waals surface area contributed by atoms with Crippen molar-refractivity contribution in [2.45, 2.75) is 4.90 Å². The summed E-state index contributed by atoms with van der Waals surface area (Å²) in [5, 5.41) is 2.31. The largest absolute Gasteiger partial charge is 0.468 e. The van der Waals surface area contributed by atoms with Crippen LogP contribution in [0.2, 0.25) is 0 Å². The molecule has 0 atom stereocenters. The second-order valence-corrected chi connectivity index (χ2v) is 8.14. The highest BCUT2D eigenvalue weighted by Gasteiger charge is 2.23. The van der Waals surface area contributed by atoms with Crippen LogP contribution in [-0.4, -0.2) is 44.8 Å². The first-order chi connectivity index (χ1) is 15.3. The highest BCUT2D eigenvalue weighted by Crippen LogP contribution is 2.27. The van der Waals surface area contributed by atoms with E-state index in [2.05, 4.69) is 15.0 Å². The fourth-order valence-corrected chi connectivity index (χ4v) is 3.98. The summed E-state index contributed by atoms with van der Waals surface area (Å²) in [6.07, 6.45) is 1.07. The lowest BCUT2D eigenvalue weighted by atomic mass is 10.1. The fourth-order valence-electron chi connectivity index (χ4n) is 2.77. The van der Waals surface area contributed by atoms with Crippen LogP contribution in [0.1, 0.15) is 20.8 Å². The molecule has 32 heavy (non-hydrogen) atoms. The van der Waals surface area contributed by atoms with Crippen molar-refractivity contribution < 1.29 is 27.5 Å². The Labute approximate surface area is 184 Å². The zero-order valence-corrected chi connectivity index (χ0v) is 17.8. The van der Waals surface area contributed by atoms with Gasteiger partial charge < -0.3 is 10.1 Å². The van der Waals surface area contributed by atoms with E-state index >= 15 is 0 Å². The van der Waals surface area contributed by atoms with Gasteiger partial charge in [-0.2, -0.15) is 0 Å². The molecular weight excluding hydrogens is 434 g/mol. The van der Waals surface area contributed by atoms with Gasteiger partial charge in [0, 0.05) is 11.8 Å². The molecule has 0 bridgehead atoms. The lowest BCUT2D eigenvalue weighted by Crippen LogP contribution is -2.32. The van der Waals surface area contributed by atoms with Crippen molar-refractivity contribution in [2.75, 3.05) is 13.7 Å². The quantitative estimate of drug-likeness (QED) is 0.521. The summed E-state index contributed by atoms with van der Waals surface area (Å²) in [5.74, 6) is -2.18. The van der Waals surface area contributed by atoms with Crippen molar-refractivity contribution >= 4 is 27.8 Å². The van der Waals surface area contributed by atoms with E-state index < -0.39 is 27.8 Å². The van der Waals surface area contributed by atoms with Crippen molar-refractivity contribution in [3.05, 3.63) is 84.2 Å². The molecule has 0 aliphatic carbocycles. The Kier molecular flexibility index (Phi) is 6.96. The maximum absolute atomic E-state index is 12.9. The summed E-state index contributed by atoms with van der Waals surface area (Å²) in [5.41, 5.74) is 1.02. The first kappa shape index (κ1) is 22.6. The van der Waals surface area contributed by atoms with E-state index in [0.717, 1.165) is 6.20 Å². The molecule has 0 aliphatic heterocycles. The predicted octanol–water partition coefficient (Wildman–Crippen LogP) is 1.77. The molecule has 10 heteroatoms. The number of pyridine rings is 1. The Hall–Kier alpha value is -4.05. The summed E-state index contributed by atoms with van der Waals surface area (Å²) in [6, 6.07) is 17.7. The lowest BCUT2D eigenvalue weighted by Gasteiger charge is -2.12. The van der Waals surface area contributed by atoms with Crippen molar-refractivity contribution in [1.29, 1.82) is 0 Å². The molecule has 0 aliphatic rings. The highest BCUT2D eigenvalue weighted by atomic mass is 32.2. The normalized spacial score (nSPS) is 10.8. The van der Waals surface area contributed by atoms with E-state index in [-0.39, 0.29) is 22.7 Å². The van der Waals surface area contributed by atoms with Gasteiger partial charge in [0.25, 0.3) is 21.8 Å². The van der Waals surface area contributed by atoms with Gasteiger partial charge in [-0.25, -0.2) is 13.1 Å². The third kappa shape index (κ3) is 5.35. The molecular formula is C22H19N3O6S. The zero-order valence-electron chi connectivity index (χ0n) is 16.9. The van der Waals surface area contributed by atoms with E-state index in [0.29, 0.717) is 11.1 Å². The minimum atomic E-state index is -4.19. The number of methoxy groups -OCH3 is 1. The number of hydrogen-bond acceptors (Lipinski definition) is 7. The van der Waals surface area contributed by atoms with Gasteiger partial charge in [0.15, 0.2) is 0 Å². The van der Waals surface area contributed by atoms with Gasteiger partial charge in [0.1, 0.15) is 12.2 Å². The van der Waals surface area contributed by atoms with Gasteiger partial charge in [0.05, 0.1) is 17.6 Å². The second kappa shape index (κ2) is 9.84. The SMILES string of the molecule is COC(=O)CNC(=O)c1ccc(C(=O)NS(=O)(=O)c2ccccc2-c2ccccc2)cn1. The van der Waals surface area contributed by atoms with Crippen LogP contribution < -0.4 is 10.0 Å². The maximum atomic E-state index is 12.9. The van der Waals surface area contributed by atoms with Crippen molar-refractivity contribution in [3.8, 4) is 11.1 Å². The maximum Gasteiger partial charge on any atom is 0.325 e. The number of aromatic nitrogens is 1. The number of sulfonamides is 1. The van der Waals surface area contributed by atoms with Crippen LogP contribution in [0.25, 0.3) is 11.1 Å². The van der Waals surface area contributed by atoms with Crippen molar-refractivity contribution in [2.24, 2.45) is 0 Å². The van der Waals surface area contributed by atoms with E-state index in [1.165, 1.54) is 25.3 Å². The number of rotatable bonds is 7. The second-order valence-electron chi connectivity index (χ2n) is 6.49. The number of carbonyl (C=O) groups is 3. The van der Waals surface area contributed by atoms with Crippen LogP contribution in [0, 0.1) is 0 Å². The van der Waals surface area contributed by atoms with Crippen LogP contribution in [0.4, 0.5) is 0 Å². The highest BCUT2D eigenvalue weighted by molar-refractivity contribution is 7.90. The van der Waals surface area contributed by atoms with Gasteiger partial charge in [0.2, 0.25) is 0 Å². The molecule has 164 valence electrons. The van der Waals surface area contributed by atoms with Crippen LogP contribution in [0.5, 0.6) is 0 Å². The number of esters is 1. The van der Waals surface area contributed by atoms with Crippen LogP contribution in [-0.2, 0) is 19.6 Å². The standard InChI is InChI=1S/C22H19N3O6S/c1-31-20(26)14-24-22(28)18-12-11-16(13-23-18)21(27)25-32(29,30)19-10-6-5-9-17(19)15-7-3-2-4-8-15/h2-13H,14H2,1H3,(H,24,28)(H,25,27). The summed E-state index contributed by atoms with van der Waals surface area (Å²) in [4.78, 5) is 39.4. The van der Waals surface area contributed by atoms with E-state index in [9.17, 15) is 22.8 Å². The third-order valence-corrected chi connectivity index (χ3v) is 5.76. The van der Waals surface area contributed by atoms with Crippen LogP contribution >= 0.6 is 0 Å². The molecule has 1 heterocycles. The monoisotopic (exact) mass is 453 g/mol. The number of ether oxygens (including phenoxy) is 1. The number of amides is 2. The average molecular weight is 453 g/mol. The predicted molar refractivity (Wildman–Crippen MR) is 115 cm³/mol. The number of hydrogen-bond donors (Lipinski definition) is 2. The molecule has 3 aromatic rings. The molecule has 0 unspecified atom stereocenters. The summed E-state index contributed by atoms with van der Waals surface area (Å²) < 4.78 is 32.3. The minimum Gasteiger partial charge on any atom is -0.468 e. The van der Waals surface area contributed by atoms with Gasteiger partial charge in [-0.1, -0.05) is 48.5 Å². The summed E-state index contributed by atoms with van der Waals surface area (Å²) >= 11 is 0. The number of benzene rings is 2. The summed E-state index contributed by atoms with van der Waals surface area (Å²) in [7, 11) is -3.01. The molecule has 0 saturated carbocycles. The van der Waals surface area contributed by atoms with Gasteiger partial charge in [-0.05, 0) is 23.8 Å². The Morgan fingerprint density at radius 3 is 2.25 bits per heavy atom. The molecule has 0 saturated heterocycles. The Balaban J connectivity index is 1.76. The fraction of sp³-hybridized carbons (Fsp3) is 0.0909. The Morgan fingerprint density at radius 1 is 0.906 bits per heavy atom. The van der Waals surface area contributed by atoms with Gasteiger partial charge in [-0.15, -0.1) is 0 Å². The molecule has 9 nitrogen and oxygen atoms in total. The smallest absolute Gasteiger partial charge is 0.325 e. The average Bonchev–Trinajstić information content (AvgIpc) is 2.82. The number of nitrogens with one attached hydrogen (secondary N) is 2. The molecule has 0 radical (unpaired) electrons. The molecule has 2 amide bonds. The lowest BCUT2D eigenvalue weighted by molar-refractivity contribution is -0.139. The summed E-state index contributed by atoms with van der Waals surface area (Å²) in [6.45, 7) is -0.335. The molecule has 0 fully saturated rings. The molecule has 1 aromatic heterocycles. The van der Waals surface area contributed by atoms with Gasteiger partial charge >= 0.3 is 5.97 Å². The minimum absolute atomic E-state index is 0.0497. The van der Waals surface area contributed by atoms with Crippen LogP contribution in [0.3, 0.4) is 0 Å². The molecule has 2 N–H and O–H groups in total. The Bertz CT molecular complexity index is 1240. The molecule has 2 aromatic carbocycles. The van der Waals surface area contributed by atoms with E-state index in [1.807, 2.05) is 10.8 Å². The number of carbonyl (C=O) groups excluding carboxylic acids is 3.